The van der Waals surface area contributed by atoms with Crippen molar-refractivity contribution in [1.29, 1.82) is 0 Å². The van der Waals surface area contributed by atoms with Crippen molar-refractivity contribution in [2.75, 3.05) is 0 Å². The van der Waals surface area contributed by atoms with Gasteiger partial charge in [-0.1, -0.05) is 38.2 Å². The lowest BCUT2D eigenvalue weighted by atomic mass is 9.91. The van der Waals surface area contributed by atoms with Crippen LogP contribution in [0, 0.1) is 0 Å². The van der Waals surface area contributed by atoms with Gasteiger partial charge >= 0.3 is 0 Å². The van der Waals surface area contributed by atoms with Crippen molar-refractivity contribution in [1.82, 2.24) is 19.8 Å². The quantitative estimate of drug-likeness (QED) is 0.713. The minimum Gasteiger partial charge on any atom is -0.352 e. The van der Waals surface area contributed by atoms with Crippen LogP contribution in [0.4, 0.5) is 0 Å². The molecule has 2 aromatic rings. The molecule has 1 aliphatic heterocycles. The average molecular weight is 395 g/mol. The molecule has 0 radical (unpaired) electrons. The van der Waals surface area contributed by atoms with Gasteiger partial charge in [0, 0.05) is 30.7 Å². The molecule has 2 aromatic heterocycles. The van der Waals surface area contributed by atoms with Crippen LogP contribution < -0.4 is 5.32 Å². The summed E-state index contributed by atoms with van der Waals surface area (Å²) in [6, 6.07) is 10.1. The van der Waals surface area contributed by atoms with E-state index < -0.39 is 0 Å². The minimum absolute atomic E-state index is 0.120. The first-order valence-corrected chi connectivity index (χ1v) is 11.4. The molecule has 2 atom stereocenters. The lowest BCUT2D eigenvalue weighted by Crippen LogP contribution is -2.40. The maximum Gasteiger partial charge on any atom is 0.170 e. The lowest BCUT2D eigenvalue weighted by molar-refractivity contribution is 0.197. The van der Waals surface area contributed by atoms with Gasteiger partial charge in [-0.2, -0.15) is 0 Å². The van der Waals surface area contributed by atoms with Gasteiger partial charge in [0.25, 0.3) is 0 Å². The largest absolute Gasteiger partial charge is 0.352 e. The fraction of sp³-hybridized carbons (Fsp3) is 0.565. The first kappa shape index (κ1) is 18.2. The summed E-state index contributed by atoms with van der Waals surface area (Å²) in [6.45, 7) is 0. The molecule has 3 aliphatic rings. The molecular formula is C23H30N4S. The maximum absolute atomic E-state index is 5.87. The number of nitrogens with one attached hydrogen (secondary N) is 1. The number of aromatic nitrogens is 2. The van der Waals surface area contributed by atoms with E-state index in [4.69, 9.17) is 12.2 Å². The van der Waals surface area contributed by atoms with Gasteiger partial charge in [-0.15, -0.1) is 0 Å². The summed E-state index contributed by atoms with van der Waals surface area (Å²) in [5.41, 5.74) is 2.46. The van der Waals surface area contributed by atoms with Crippen molar-refractivity contribution in [2.45, 2.75) is 82.0 Å². The molecule has 28 heavy (non-hydrogen) atoms. The Morgan fingerprint density at radius 3 is 2.43 bits per heavy atom. The molecule has 0 amide bonds. The van der Waals surface area contributed by atoms with Crippen LogP contribution >= 0.6 is 12.2 Å². The Morgan fingerprint density at radius 1 is 0.929 bits per heavy atom. The Hall–Kier alpha value is -1.88. The zero-order chi connectivity index (χ0) is 18.9. The van der Waals surface area contributed by atoms with Crippen LogP contribution in [0.2, 0.25) is 0 Å². The second-order valence-electron chi connectivity index (χ2n) is 8.66. The predicted molar refractivity (Wildman–Crippen MR) is 116 cm³/mol. The van der Waals surface area contributed by atoms with Crippen LogP contribution in [-0.4, -0.2) is 25.6 Å². The topological polar surface area (TPSA) is 33.1 Å². The Kier molecular flexibility index (Phi) is 5.10. The van der Waals surface area contributed by atoms with E-state index in [1.807, 2.05) is 12.3 Å². The summed E-state index contributed by atoms with van der Waals surface area (Å²) in [5.74, 6) is 0. The van der Waals surface area contributed by atoms with E-state index >= 15 is 0 Å². The van der Waals surface area contributed by atoms with Crippen molar-refractivity contribution in [3.05, 3.63) is 54.1 Å². The van der Waals surface area contributed by atoms with Crippen LogP contribution in [0.25, 0.3) is 0 Å². The summed E-state index contributed by atoms with van der Waals surface area (Å²) in [7, 11) is 0. The van der Waals surface area contributed by atoms with Crippen LogP contribution in [0.5, 0.6) is 0 Å². The van der Waals surface area contributed by atoms with E-state index in [1.54, 1.807) is 0 Å². The van der Waals surface area contributed by atoms with Crippen LogP contribution in [0.3, 0.4) is 0 Å². The molecule has 0 spiro atoms. The molecule has 0 aromatic carbocycles. The zero-order valence-electron chi connectivity index (χ0n) is 16.5. The van der Waals surface area contributed by atoms with Crippen LogP contribution in [0.15, 0.2) is 42.9 Å². The molecule has 1 N–H and O–H groups in total. The van der Waals surface area contributed by atoms with E-state index in [1.165, 1.54) is 63.4 Å². The average Bonchev–Trinajstić information content (AvgIpc) is 3.48. The number of pyridine rings is 1. The Labute approximate surface area is 173 Å². The third-order valence-corrected chi connectivity index (χ3v) is 7.26. The van der Waals surface area contributed by atoms with Gasteiger partial charge in [0.1, 0.15) is 0 Å². The van der Waals surface area contributed by atoms with Gasteiger partial charge in [-0.05, 0) is 61.7 Å². The first-order valence-electron chi connectivity index (χ1n) is 11.0. The summed E-state index contributed by atoms with van der Waals surface area (Å²) in [5, 5.41) is 4.53. The van der Waals surface area contributed by atoms with Gasteiger partial charge in [0.15, 0.2) is 5.11 Å². The van der Waals surface area contributed by atoms with Crippen molar-refractivity contribution in [3.63, 3.8) is 0 Å². The SMILES string of the molecule is S=C1N[C@H](c2ccccn2)[C@H](c2ccn(C3CCCC3)c2)N1C1CCCCC1. The third kappa shape index (κ3) is 3.34. The summed E-state index contributed by atoms with van der Waals surface area (Å²) in [6.07, 6.45) is 18.4. The summed E-state index contributed by atoms with van der Waals surface area (Å²) in [4.78, 5) is 7.20. The van der Waals surface area contributed by atoms with Gasteiger partial charge in [-0.3, -0.25) is 4.98 Å². The van der Waals surface area contributed by atoms with E-state index in [-0.39, 0.29) is 12.1 Å². The zero-order valence-corrected chi connectivity index (χ0v) is 17.3. The number of hydrogen-bond acceptors (Lipinski definition) is 2. The normalized spacial score (nSPS) is 26.7. The highest BCUT2D eigenvalue weighted by Gasteiger charge is 2.43. The lowest BCUT2D eigenvalue weighted by Gasteiger charge is -2.36. The minimum atomic E-state index is 0.120. The molecule has 1 saturated heterocycles. The Balaban J connectivity index is 1.50. The predicted octanol–water partition coefficient (Wildman–Crippen LogP) is 5.30. The molecule has 3 heterocycles. The Morgan fingerprint density at radius 2 is 1.68 bits per heavy atom. The van der Waals surface area contributed by atoms with E-state index in [2.05, 4.69) is 50.4 Å². The van der Waals surface area contributed by atoms with Crippen molar-refractivity contribution < 1.29 is 0 Å². The molecule has 148 valence electrons. The maximum atomic E-state index is 5.87. The summed E-state index contributed by atoms with van der Waals surface area (Å²) < 4.78 is 2.46. The van der Waals surface area contributed by atoms with E-state index in [9.17, 15) is 0 Å². The first-order chi connectivity index (χ1) is 13.8. The molecule has 0 unspecified atom stereocenters. The van der Waals surface area contributed by atoms with Gasteiger partial charge in [0.05, 0.1) is 17.8 Å². The highest BCUT2D eigenvalue weighted by molar-refractivity contribution is 7.80. The number of rotatable bonds is 4. The monoisotopic (exact) mass is 394 g/mol. The van der Waals surface area contributed by atoms with Crippen LogP contribution in [0.1, 0.15) is 87.2 Å². The van der Waals surface area contributed by atoms with E-state index in [0.717, 1.165) is 10.8 Å². The highest BCUT2D eigenvalue weighted by atomic mass is 32.1. The van der Waals surface area contributed by atoms with Crippen molar-refractivity contribution >= 4 is 17.3 Å². The van der Waals surface area contributed by atoms with Gasteiger partial charge in [-0.25, -0.2) is 0 Å². The molecule has 3 fully saturated rings. The third-order valence-electron chi connectivity index (χ3n) is 6.93. The van der Waals surface area contributed by atoms with Crippen molar-refractivity contribution in [3.8, 4) is 0 Å². The molecule has 5 heteroatoms. The molecule has 0 bridgehead atoms. The van der Waals surface area contributed by atoms with Crippen molar-refractivity contribution in [2.24, 2.45) is 0 Å². The van der Waals surface area contributed by atoms with Gasteiger partial charge in [0.2, 0.25) is 0 Å². The number of hydrogen-bond donors (Lipinski definition) is 1. The summed E-state index contributed by atoms with van der Waals surface area (Å²) >= 11 is 5.87. The fourth-order valence-electron chi connectivity index (χ4n) is 5.51. The second-order valence-corrected chi connectivity index (χ2v) is 9.04. The molecule has 2 aliphatic carbocycles. The van der Waals surface area contributed by atoms with E-state index in [0.29, 0.717) is 12.1 Å². The molecule has 2 saturated carbocycles. The molecule has 4 nitrogen and oxygen atoms in total. The highest BCUT2D eigenvalue weighted by Crippen LogP contribution is 2.43. The molecule has 5 rings (SSSR count). The number of nitrogens with zero attached hydrogens (tertiary/aromatic N) is 3. The Bertz CT molecular complexity index is 805. The second kappa shape index (κ2) is 7.86. The fourth-order valence-corrected chi connectivity index (χ4v) is 5.90. The number of thiocarbonyl (C=S) groups is 1. The van der Waals surface area contributed by atoms with Crippen LogP contribution in [-0.2, 0) is 0 Å². The standard InChI is InChI=1S/C23H30N4S/c28-23-25-21(20-12-6-7-14-24-20)22(27(23)19-10-2-1-3-11-19)17-13-15-26(16-17)18-8-4-5-9-18/h6-7,12-16,18-19,21-22H,1-5,8-11H2,(H,25,28)/t21-,22+/m1/s1. The molecular weight excluding hydrogens is 364 g/mol. The smallest absolute Gasteiger partial charge is 0.170 e. The van der Waals surface area contributed by atoms with Gasteiger partial charge < -0.3 is 14.8 Å².